The second kappa shape index (κ2) is 6.14. The predicted molar refractivity (Wildman–Crippen MR) is 97.3 cm³/mol. The number of rotatable bonds is 3. The van der Waals surface area contributed by atoms with E-state index >= 15 is 0 Å². The highest BCUT2D eigenvalue weighted by atomic mass is 35.5. The Morgan fingerprint density at radius 2 is 1.29 bits per heavy atom. The van der Waals surface area contributed by atoms with Crippen LogP contribution in [-0.2, 0) is 4.79 Å². The smallest absolute Gasteiger partial charge is 0.237 e. The van der Waals surface area contributed by atoms with E-state index in [9.17, 15) is 4.79 Å². The standard InChI is InChI=1S/C21H16ClNO/c22-17-13-11-16(12-14-17)20-19(15-7-3-1-4-8-15)21(24)23(20)18-9-5-2-6-10-18/h1-14,19-20H. The number of halogens is 1. The first-order valence-corrected chi connectivity index (χ1v) is 8.32. The number of hydrogen-bond acceptors (Lipinski definition) is 1. The van der Waals surface area contributed by atoms with E-state index in [0.717, 1.165) is 16.8 Å². The lowest BCUT2D eigenvalue weighted by Gasteiger charge is -2.47. The summed E-state index contributed by atoms with van der Waals surface area (Å²) in [4.78, 5) is 14.8. The number of carbonyl (C=O) groups excluding carboxylic acids is 1. The minimum Gasteiger partial charge on any atom is -0.303 e. The highest BCUT2D eigenvalue weighted by Gasteiger charge is 2.49. The van der Waals surface area contributed by atoms with Crippen LogP contribution >= 0.6 is 11.6 Å². The van der Waals surface area contributed by atoms with Crippen molar-refractivity contribution in [2.24, 2.45) is 0 Å². The first-order valence-electron chi connectivity index (χ1n) is 7.94. The Morgan fingerprint density at radius 1 is 0.708 bits per heavy atom. The Kier molecular flexibility index (Phi) is 3.83. The van der Waals surface area contributed by atoms with E-state index in [0.29, 0.717) is 5.02 Å². The number of anilines is 1. The lowest BCUT2D eigenvalue weighted by Crippen LogP contribution is -2.53. The molecular formula is C21H16ClNO. The lowest BCUT2D eigenvalue weighted by atomic mass is 9.77. The van der Waals surface area contributed by atoms with Gasteiger partial charge in [-0.05, 0) is 35.4 Å². The van der Waals surface area contributed by atoms with Gasteiger partial charge in [0.05, 0.1) is 12.0 Å². The van der Waals surface area contributed by atoms with Gasteiger partial charge in [0, 0.05) is 10.7 Å². The van der Waals surface area contributed by atoms with Gasteiger partial charge in [0.25, 0.3) is 0 Å². The molecular weight excluding hydrogens is 318 g/mol. The highest BCUT2D eigenvalue weighted by molar-refractivity contribution is 6.30. The van der Waals surface area contributed by atoms with Crippen LogP contribution < -0.4 is 4.90 Å². The van der Waals surface area contributed by atoms with Gasteiger partial charge < -0.3 is 4.90 Å². The van der Waals surface area contributed by atoms with Gasteiger partial charge in [0.15, 0.2) is 0 Å². The van der Waals surface area contributed by atoms with Crippen molar-refractivity contribution in [1.82, 2.24) is 0 Å². The molecule has 0 N–H and O–H groups in total. The minimum atomic E-state index is -0.160. The molecule has 2 atom stereocenters. The zero-order chi connectivity index (χ0) is 16.5. The number of para-hydroxylation sites is 1. The largest absolute Gasteiger partial charge is 0.303 e. The summed E-state index contributed by atoms with van der Waals surface area (Å²) in [6.45, 7) is 0. The molecule has 0 aromatic heterocycles. The van der Waals surface area contributed by atoms with Crippen LogP contribution in [0.3, 0.4) is 0 Å². The molecule has 2 unspecified atom stereocenters. The van der Waals surface area contributed by atoms with E-state index in [1.165, 1.54) is 0 Å². The molecule has 0 radical (unpaired) electrons. The third-order valence-corrected chi connectivity index (χ3v) is 4.75. The highest BCUT2D eigenvalue weighted by Crippen LogP contribution is 2.48. The van der Waals surface area contributed by atoms with Crippen LogP contribution in [0.1, 0.15) is 23.1 Å². The first-order chi connectivity index (χ1) is 11.8. The Balaban J connectivity index is 1.78. The van der Waals surface area contributed by atoms with Crippen molar-refractivity contribution in [1.29, 1.82) is 0 Å². The molecule has 118 valence electrons. The van der Waals surface area contributed by atoms with Gasteiger partial charge in [-0.15, -0.1) is 0 Å². The van der Waals surface area contributed by atoms with E-state index < -0.39 is 0 Å². The molecule has 3 aromatic rings. The number of β-lactam (4-membered cyclic amide) rings is 1. The Labute approximate surface area is 146 Å². The van der Waals surface area contributed by atoms with Gasteiger partial charge in [0.1, 0.15) is 0 Å². The molecule has 2 nitrogen and oxygen atoms in total. The van der Waals surface area contributed by atoms with Gasteiger partial charge >= 0.3 is 0 Å². The van der Waals surface area contributed by atoms with Gasteiger partial charge in [0.2, 0.25) is 5.91 Å². The average Bonchev–Trinajstić information content (AvgIpc) is 2.62. The van der Waals surface area contributed by atoms with Gasteiger partial charge in [-0.3, -0.25) is 4.79 Å². The molecule has 3 heteroatoms. The van der Waals surface area contributed by atoms with Crippen molar-refractivity contribution in [3.8, 4) is 0 Å². The zero-order valence-corrected chi connectivity index (χ0v) is 13.7. The summed E-state index contributed by atoms with van der Waals surface area (Å²) < 4.78 is 0. The van der Waals surface area contributed by atoms with Gasteiger partial charge in [-0.2, -0.15) is 0 Å². The normalized spacial score (nSPS) is 19.9. The first kappa shape index (κ1) is 15.0. The molecule has 1 heterocycles. The molecule has 0 spiro atoms. The summed E-state index contributed by atoms with van der Waals surface area (Å²) in [6, 6.07) is 27.5. The van der Waals surface area contributed by atoms with E-state index in [1.807, 2.05) is 89.8 Å². The Bertz CT molecular complexity index is 797. The third kappa shape index (κ3) is 2.49. The van der Waals surface area contributed by atoms with Crippen LogP contribution in [0.2, 0.25) is 5.02 Å². The maximum atomic E-state index is 12.9. The van der Waals surface area contributed by atoms with Gasteiger partial charge in [-0.1, -0.05) is 72.3 Å². The summed E-state index contributed by atoms with van der Waals surface area (Å²) in [6.07, 6.45) is 0. The van der Waals surface area contributed by atoms with Crippen molar-refractivity contribution < 1.29 is 4.79 Å². The summed E-state index contributed by atoms with van der Waals surface area (Å²) in [5.74, 6) is -0.0278. The third-order valence-electron chi connectivity index (χ3n) is 4.50. The summed E-state index contributed by atoms with van der Waals surface area (Å²) in [5, 5.41) is 0.701. The predicted octanol–water partition coefficient (Wildman–Crippen LogP) is 5.21. The van der Waals surface area contributed by atoms with Crippen LogP contribution in [0.4, 0.5) is 5.69 Å². The Morgan fingerprint density at radius 3 is 1.92 bits per heavy atom. The lowest BCUT2D eigenvalue weighted by molar-refractivity contribution is -0.126. The Hall–Kier alpha value is -2.58. The SMILES string of the molecule is O=C1C(c2ccccc2)C(c2ccc(Cl)cc2)N1c1ccccc1. The van der Waals surface area contributed by atoms with Crippen molar-refractivity contribution in [2.75, 3.05) is 4.90 Å². The van der Waals surface area contributed by atoms with Crippen molar-refractivity contribution in [3.05, 3.63) is 101 Å². The molecule has 1 amide bonds. The molecule has 0 bridgehead atoms. The molecule has 1 saturated heterocycles. The van der Waals surface area contributed by atoms with Crippen LogP contribution in [0.5, 0.6) is 0 Å². The maximum absolute atomic E-state index is 12.9. The number of nitrogens with zero attached hydrogens (tertiary/aromatic N) is 1. The quantitative estimate of drug-likeness (QED) is 0.602. The fourth-order valence-electron chi connectivity index (χ4n) is 3.35. The second-order valence-corrected chi connectivity index (χ2v) is 6.36. The van der Waals surface area contributed by atoms with Gasteiger partial charge in [-0.25, -0.2) is 0 Å². The molecule has 3 aromatic carbocycles. The van der Waals surface area contributed by atoms with Crippen molar-refractivity contribution in [2.45, 2.75) is 12.0 Å². The molecule has 0 aliphatic carbocycles. The maximum Gasteiger partial charge on any atom is 0.237 e. The summed E-state index contributed by atoms with van der Waals surface area (Å²) in [7, 11) is 0. The molecule has 0 saturated carbocycles. The van der Waals surface area contributed by atoms with Crippen molar-refractivity contribution in [3.63, 3.8) is 0 Å². The fraction of sp³-hybridized carbons (Fsp3) is 0.0952. The second-order valence-electron chi connectivity index (χ2n) is 5.93. The average molecular weight is 334 g/mol. The monoisotopic (exact) mass is 333 g/mol. The molecule has 1 aliphatic heterocycles. The van der Waals surface area contributed by atoms with Crippen LogP contribution in [0.25, 0.3) is 0 Å². The molecule has 1 fully saturated rings. The number of carbonyl (C=O) groups is 1. The minimum absolute atomic E-state index is 0.0143. The number of hydrogen-bond donors (Lipinski definition) is 0. The van der Waals surface area contributed by atoms with E-state index in [-0.39, 0.29) is 17.9 Å². The topological polar surface area (TPSA) is 20.3 Å². The van der Waals surface area contributed by atoms with Crippen LogP contribution in [0.15, 0.2) is 84.9 Å². The van der Waals surface area contributed by atoms with Crippen LogP contribution in [0, 0.1) is 0 Å². The van der Waals surface area contributed by atoms with E-state index in [4.69, 9.17) is 11.6 Å². The zero-order valence-electron chi connectivity index (χ0n) is 13.0. The number of amides is 1. The fourth-order valence-corrected chi connectivity index (χ4v) is 3.48. The molecule has 24 heavy (non-hydrogen) atoms. The number of benzene rings is 3. The van der Waals surface area contributed by atoms with Crippen molar-refractivity contribution >= 4 is 23.2 Å². The van der Waals surface area contributed by atoms with E-state index in [1.54, 1.807) is 0 Å². The van der Waals surface area contributed by atoms with E-state index in [2.05, 4.69) is 0 Å². The van der Waals surface area contributed by atoms with Crippen LogP contribution in [-0.4, -0.2) is 5.91 Å². The molecule has 1 aliphatic rings. The summed E-state index contributed by atoms with van der Waals surface area (Å²) in [5.41, 5.74) is 3.07. The molecule has 4 rings (SSSR count). The summed E-state index contributed by atoms with van der Waals surface area (Å²) >= 11 is 6.03.